The molecule has 7 aromatic rings. The van der Waals surface area contributed by atoms with E-state index in [1.165, 1.54) is 16.2 Å². The van der Waals surface area contributed by atoms with E-state index in [9.17, 15) is 14.7 Å². The van der Waals surface area contributed by atoms with Gasteiger partial charge in [0.25, 0.3) is 5.91 Å². The highest BCUT2D eigenvalue weighted by atomic mass is 32.1. The molecule has 5 N–H and O–H groups in total. The third-order valence-corrected chi connectivity index (χ3v) is 11.5. The summed E-state index contributed by atoms with van der Waals surface area (Å²) in [6.07, 6.45) is 3.90. The first-order chi connectivity index (χ1) is 27.2. The molecule has 2 fully saturated rings. The average Bonchev–Trinajstić information content (AvgIpc) is 3.98. The highest BCUT2D eigenvalue weighted by Gasteiger charge is 2.34. The lowest BCUT2D eigenvalue weighted by Crippen LogP contribution is -2.44. The van der Waals surface area contributed by atoms with E-state index in [4.69, 9.17) is 21.4 Å². The molecule has 1 saturated carbocycles. The topological polar surface area (TPSA) is 145 Å². The van der Waals surface area contributed by atoms with Crippen LogP contribution in [0.1, 0.15) is 34.7 Å². The maximum Gasteiger partial charge on any atom is 0.416 e. The Bertz CT molecular complexity index is 2640. The van der Waals surface area contributed by atoms with Crippen molar-refractivity contribution in [2.75, 3.05) is 59.4 Å². The molecule has 1 saturated heterocycles. The molecular formula is C44H40N8O3S. The summed E-state index contributed by atoms with van der Waals surface area (Å²) in [7, 11) is 2.13. The van der Waals surface area contributed by atoms with Crippen molar-refractivity contribution in [3.63, 3.8) is 0 Å². The summed E-state index contributed by atoms with van der Waals surface area (Å²) in [6, 6.07) is 30.9. The molecule has 0 radical (unpaired) electrons. The first-order valence-corrected chi connectivity index (χ1v) is 19.5. The van der Waals surface area contributed by atoms with Crippen LogP contribution in [-0.4, -0.2) is 65.2 Å². The molecule has 0 unspecified atom stereocenters. The predicted octanol–water partition coefficient (Wildman–Crippen LogP) is 9.10. The number of nitrogens with zero attached hydrogens (tertiary/aromatic N) is 6. The Balaban J connectivity index is 1.08. The number of hydrogen-bond donors (Lipinski definition) is 3. The molecule has 12 heteroatoms. The maximum absolute atomic E-state index is 14.6. The van der Waals surface area contributed by atoms with Gasteiger partial charge in [0, 0.05) is 54.4 Å². The summed E-state index contributed by atoms with van der Waals surface area (Å²) in [5.41, 5.74) is 21.1. The monoisotopic (exact) mass is 760 g/mol. The third kappa shape index (κ3) is 6.52. The molecular weight excluding hydrogens is 721 g/mol. The van der Waals surface area contributed by atoms with Crippen LogP contribution in [0.15, 0.2) is 115 Å². The maximum atomic E-state index is 14.6. The highest BCUT2D eigenvalue weighted by Crippen LogP contribution is 2.49. The minimum Gasteiger partial charge on any atom is -0.464 e. The van der Waals surface area contributed by atoms with Gasteiger partial charge in [-0.1, -0.05) is 48.5 Å². The van der Waals surface area contributed by atoms with Crippen molar-refractivity contribution in [2.45, 2.75) is 18.8 Å². The number of aromatic nitrogens is 2. The van der Waals surface area contributed by atoms with Crippen molar-refractivity contribution >= 4 is 84.3 Å². The predicted molar refractivity (Wildman–Crippen MR) is 227 cm³/mol. The Hall–Kier alpha value is -6.50. The number of anilines is 7. The number of fused-ring (bicyclic) bond motifs is 2. The Kier molecular flexibility index (Phi) is 8.99. The molecule has 4 heterocycles. The zero-order valence-corrected chi connectivity index (χ0v) is 31.6. The lowest BCUT2D eigenvalue weighted by molar-refractivity contribution is 0.0999. The second kappa shape index (κ2) is 14.3. The second-order valence-electron chi connectivity index (χ2n) is 14.5. The number of carbonyl (C=O) groups is 2. The van der Waals surface area contributed by atoms with Crippen LogP contribution in [0.25, 0.3) is 32.9 Å². The van der Waals surface area contributed by atoms with Gasteiger partial charge in [-0.15, -0.1) is 11.3 Å². The molecule has 2 amide bonds. The van der Waals surface area contributed by atoms with Crippen LogP contribution in [0.4, 0.5) is 43.9 Å². The van der Waals surface area contributed by atoms with Crippen LogP contribution < -0.4 is 26.2 Å². The van der Waals surface area contributed by atoms with Crippen molar-refractivity contribution in [3.8, 4) is 11.1 Å². The zero-order chi connectivity index (χ0) is 38.5. The van der Waals surface area contributed by atoms with Gasteiger partial charge in [-0.3, -0.25) is 19.7 Å². The van der Waals surface area contributed by atoms with Crippen LogP contribution in [0.3, 0.4) is 0 Å². The van der Waals surface area contributed by atoms with Crippen molar-refractivity contribution in [2.24, 2.45) is 0 Å². The zero-order valence-electron chi connectivity index (χ0n) is 30.8. The highest BCUT2D eigenvalue weighted by molar-refractivity contribution is 7.14. The number of hydrogen-bond acceptors (Lipinski definition) is 9. The number of carboxylic acid groups (broad SMARTS) is 1. The Labute approximate surface area is 328 Å². The average molecular weight is 761 g/mol. The molecule has 1 aliphatic heterocycles. The first kappa shape index (κ1) is 35.2. The number of amides is 2. The minimum absolute atomic E-state index is 0.131. The van der Waals surface area contributed by atoms with Gasteiger partial charge in [-0.25, -0.2) is 9.69 Å². The van der Waals surface area contributed by atoms with E-state index >= 15 is 0 Å². The van der Waals surface area contributed by atoms with Gasteiger partial charge in [-0.05, 0) is 90.8 Å². The molecule has 4 aromatic carbocycles. The van der Waals surface area contributed by atoms with Crippen LogP contribution in [0, 0.1) is 0 Å². The number of nitrogen functional groups attached to an aromatic ring is 2. The number of benzene rings is 4. The van der Waals surface area contributed by atoms with Crippen molar-refractivity contribution in [1.29, 1.82) is 0 Å². The fraction of sp³-hybridized carbons (Fsp3) is 0.182. The molecule has 0 spiro atoms. The number of piperazine rings is 1. The van der Waals surface area contributed by atoms with E-state index in [1.807, 2.05) is 84.2 Å². The van der Waals surface area contributed by atoms with E-state index in [-0.39, 0.29) is 11.8 Å². The molecule has 1 aliphatic carbocycles. The molecule has 0 bridgehead atoms. The first-order valence-electron chi connectivity index (χ1n) is 18.6. The Morgan fingerprint density at radius 3 is 2.29 bits per heavy atom. The summed E-state index contributed by atoms with van der Waals surface area (Å²) >= 11 is 1.34. The lowest BCUT2D eigenvalue weighted by Gasteiger charge is -2.34. The number of nitrogens with two attached hydrogens (primary N) is 2. The summed E-state index contributed by atoms with van der Waals surface area (Å²) in [5, 5.41) is 14.6. The van der Waals surface area contributed by atoms with Crippen molar-refractivity contribution in [1.82, 2.24) is 14.9 Å². The van der Waals surface area contributed by atoms with Crippen LogP contribution >= 0.6 is 11.3 Å². The van der Waals surface area contributed by atoms with Gasteiger partial charge < -0.3 is 26.4 Å². The SMILES string of the molecule is CN1CCN(c2ccc3cc(N(C(=O)O)c4ccc5cc(C(=O)N(c6cc(-c7ccccc7)ccc6N)c6ccsc6N)cnc5c4C4CC4)cnc3c2)CC1. The van der Waals surface area contributed by atoms with Gasteiger partial charge >= 0.3 is 6.09 Å². The van der Waals surface area contributed by atoms with Gasteiger partial charge in [0.1, 0.15) is 5.00 Å². The summed E-state index contributed by atoms with van der Waals surface area (Å²) in [4.78, 5) is 44.9. The molecule has 280 valence electrons. The number of likely N-dealkylation sites (N-methyl/N-ethyl adjacent to an activating group) is 1. The van der Waals surface area contributed by atoms with Gasteiger partial charge in [0.15, 0.2) is 0 Å². The van der Waals surface area contributed by atoms with Crippen LogP contribution in [0.2, 0.25) is 0 Å². The summed E-state index contributed by atoms with van der Waals surface area (Å²) < 4.78 is 0. The summed E-state index contributed by atoms with van der Waals surface area (Å²) in [6.45, 7) is 3.89. The molecule has 2 aliphatic rings. The number of pyridine rings is 2. The minimum atomic E-state index is -1.12. The number of thiophene rings is 1. The molecule has 0 atom stereocenters. The Morgan fingerprint density at radius 2 is 1.55 bits per heavy atom. The van der Waals surface area contributed by atoms with Gasteiger partial charge in [0.05, 0.1) is 51.2 Å². The van der Waals surface area contributed by atoms with Crippen molar-refractivity contribution < 1.29 is 14.7 Å². The van der Waals surface area contributed by atoms with E-state index in [2.05, 4.69) is 29.0 Å². The van der Waals surface area contributed by atoms with E-state index in [0.717, 1.165) is 77.7 Å². The van der Waals surface area contributed by atoms with Crippen molar-refractivity contribution in [3.05, 3.63) is 126 Å². The second-order valence-corrected chi connectivity index (χ2v) is 15.4. The fourth-order valence-corrected chi connectivity index (χ4v) is 8.28. The van der Waals surface area contributed by atoms with E-state index in [1.54, 1.807) is 23.4 Å². The molecule has 56 heavy (non-hydrogen) atoms. The quantitative estimate of drug-likeness (QED) is 0.129. The standard InChI is InChI=1S/C44H40N8O3S/c1-49-16-18-50(19-17-49)33-12-9-30-22-34(26-47-36(30)24-33)51(44(54)55)37-14-11-31-21-32(25-48-41(31)40(37)28-7-8-28)43(53)52(38-15-20-56-42(38)46)39-23-29(10-13-35(39)45)27-5-3-2-4-6-27/h2-6,9-15,20-26,28H,7-8,16-19,45-46H2,1H3,(H,54,55). The fourth-order valence-electron chi connectivity index (χ4n) is 7.66. The van der Waals surface area contributed by atoms with Gasteiger partial charge in [-0.2, -0.15) is 0 Å². The van der Waals surface area contributed by atoms with Crippen LogP contribution in [-0.2, 0) is 0 Å². The normalized spacial score (nSPS) is 14.6. The lowest BCUT2D eigenvalue weighted by atomic mass is 10.0. The van der Waals surface area contributed by atoms with E-state index in [0.29, 0.717) is 44.5 Å². The third-order valence-electron chi connectivity index (χ3n) is 10.8. The number of rotatable bonds is 8. The number of carbonyl (C=O) groups excluding carboxylic acids is 1. The van der Waals surface area contributed by atoms with Crippen LogP contribution in [0.5, 0.6) is 0 Å². The molecule has 9 rings (SSSR count). The molecule has 11 nitrogen and oxygen atoms in total. The smallest absolute Gasteiger partial charge is 0.416 e. The van der Waals surface area contributed by atoms with E-state index < -0.39 is 6.09 Å². The largest absolute Gasteiger partial charge is 0.464 e. The van der Waals surface area contributed by atoms with Gasteiger partial charge in [0.2, 0.25) is 0 Å². The molecule has 3 aromatic heterocycles. The summed E-state index contributed by atoms with van der Waals surface area (Å²) in [5.74, 6) is -0.213. The Morgan fingerprint density at radius 1 is 0.768 bits per heavy atom.